The first-order valence-electron chi connectivity index (χ1n) is 5.99. The van der Waals surface area contributed by atoms with Gasteiger partial charge in [-0.05, 0) is 78.0 Å². The molecule has 0 aliphatic rings. The zero-order chi connectivity index (χ0) is 13.7. The molecule has 0 bridgehead atoms. The summed E-state index contributed by atoms with van der Waals surface area (Å²) >= 11 is 2.27. The van der Waals surface area contributed by atoms with Crippen molar-refractivity contribution in [3.63, 3.8) is 0 Å². The second-order valence-electron chi connectivity index (χ2n) is 3.93. The first-order chi connectivity index (χ1) is 9.19. The van der Waals surface area contributed by atoms with Crippen LogP contribution in [0.4, 0.5) is 11.4 Å². The van der Waals surface area contributed by atoms with E-state index in [1.807, 2.05) is 36.4 Å². The third kappa shape index (κ3) is 3.96. The maximum Gasteiger partial charge on any atom is 0.338 e. The summed E-state index contributed by atoms with van der Waals surface area (Å²) in [5.74, 6) is -0.289. The fraction of sp³-hybridized carbons (Fsp3) is 0.133. The van der Waals surface area contributed by atoms with Crippen molar-refractivity contribution in [2.75, 3.05) is 11.9 Å². The first kappa shape index (κ1) is 13.9. The molecule has 2 rings (SSSR count). The maximum atomic E-state index is 11.5. The zero-order valence-corrected chi connectivity index (χ0v) is 12.7. The molecule has 0 aliphatic heterocycles. The Balaban J connectivity index is 2.06. The molecule has 0 radical (unpaired) electrons. The van der Waals surface area contributed by atoms with Gasteiger partial charge >= 0.3 is 5.97 Å². The highest BCUT2D eigenvalue weighted by molar-refractivity contribution is 14.1. The number of anilines is 2. The van der Waals surface area contributed by atoms with Crippen molar-refractivity contribution >= 4 is 39.9 Å². The molecule has 0 amide bonds. The van der Waals surface area contributed by atoms with E-state index in [4.69, 9.17) is 4.74 Å². The van der Waals surface area contributed by atoms with Crippen molar-refractivity contribution in [2.24, 2.45) is 0 Å². The Kier molecular flexibility index (Phi) is 4.79. The Labute approximate surface area is 126 Å². The normalized spacial score (nSPS) is 10.0. The molecule has 0 heterocycles. The van der Waals surface area contributed by atoms with Gasteiger partial charge in [0.1, 0.15) is 0 Å². The molecule has 0 atom stereocenters. The number of ether oxygens (including phenoxy) is 1. The summed E-state index contributed by atoms with van der Waals surface area (Å²) in [4.78, 5) is 11.5. The van der Waals surface area contributed by atoms with Gasteiger partial charge in [0.15, 0.2) is 0 Å². The predicted molar refractivity (Wildman–Crippen MR) is 84.8 cm³/mol. The minimum atomic E-state index is -0.289. The minimum absolute atomic E-state index is 0.289. The molecule has 19 heavy (non-hydrogen) atoms. The summed E-state index contributed by atoms with van der Waals surface area (Å²) in [6.07, 6.45) is 0. The Morgan fingerprint density at radius 2 is 1.58 bits per heavy atom. The molecular weight excluding hydrogens is 353 g/mol. The molecule has 3 nitrogen and oxygen atoms in total. The van der Waals surface area contributed by atoms with Gasteiger partial charge in [0.05, 0.1) is 12.2 Å². The summed E-state index contributed by atoms with van der Waals surface area (Å²) in [5, 5.41) is 3.27. The quantitative estimate of drug-likeness (QED) is 0.650. The van der Waals surface area contributed by atoms with Crippen molar-refractivity contribution in [3.05, 3.63) is 57.7 Å². The number of hydrogen-bond acceptors (Lipinski definition) is 3. The Hall–Kier alpha value is -1.56. The van der Waals surface area contributed by atoms with Crippen molar-refractivity contribution in [2.45, 2.75) is 6.92 Å². The van der Waals surface area contributed by atoms with Crippen LogP contribution in [0.25, 0.3) is 0 Å². The van der Waals surface area contributed by atoms with Gasteiger partial charge in [-0.15, -0.1) is 0 Å². The van der Waals surface area contributed by atoms with Crippen LogP contribution in [0, 0.1) is 3.57 Å². The lowest BCUT2D eigenvalue weighted by atomic mass is 10.2. The third-order valence-corrected chi connectivity index (χ3v) is 3.25. The number of esters is 1. The van der Waals surface area contributed by atoms with Crippen LogP contribution in [0.3, 0.4) is 0 Å². The van der Waals surface area contributed by atoms with E-state index in [-0.39, 0.29) is 5.97 Å². The Morgan fingerprint density at radius 1 is 1.05 bits per heavy atom. The van der Waals surface area contributed by atoms with E-state index in [2.05, 4.69) is 27.9 Å². The van der Waals surface area contributed by atoms with E-state index in [9.17, 15) is 4.79 Å². The monoisotopic (exact) mass is 367 g/mol. The van der Waals surface area contributed by atoms with Crippen LogP contribution in [-0.2, 0) is 4.74 Å². The molecule has 0 aromatic heterocycles. The van der Waals surface area contributed by atoms with E-state index >= 15 is 0 Å². The molecule has 2 aromatic rings. The number of hydrogen-bond donors (Lipinski definition) is 1. The number of rotatable bonds is 4. The fourth-order valence-electron chi connectivity index (χ4n) is 1.60. The van der Waals surface area contributed by atoms with Crippen molar-refractivity contribution in [1.29, 1.82) is 0 Å². The highest BCUT2D eigenvalue weighted by Gasteiger charge is 2.05. The van der Waals surface area contributed by atoms with E-state index in [1.165, 1.54) is 3.57 Å². The molecule has 0 aliphatic carbocycles. The van der Waals surface area contributed by atoms with Gasteiger partial charge in [-0.2, -0.15) is 0 Å². The molecule has 0 unspecified atom stereocenters. The predicted octanol–water partition coefficient (Wildman–Crippen LogP) is 4.21. The van der Waals surface area contributed by atoms with Gasteiger partial charge in [-0.1, -0.05) is 0 Å². The van der Waals surface area contributed by atoms with Crippen molar-refractivity contribution < 1.29 is 9.53 Å². The molecule has 0 spiro atoms. The summed E-state index contributed by atoms with van der Waals surface area (Å²) in [6, 6.07) is 15.3. The zero-order valence-electron chi connectivity index (χ0n) is 10.5. The van der Waals surface area contributed by atoms with Gasteiger partial charge in [0.2, 0.25) is 0 Å². The van der Waals surface area contributed by atoms with Crippen LogP contribution in [0.1, 0.15) is 17.3 Å². The van der Waals surface area contributed by atoms with Crippen LogP contribution in [0.5, 0.6) is 0 Å². The SMILES string of the molecule is CCOC(=O)c1ccc(Nc2ccc(I)cc2)cc1. The van der Waals surface area contributed by atoms with Gasteiger partial charge in [-0.25, -0.2) is 4.79 Å². The lowest BCUT2D eigenvalue weighted by Crippen LogP contribution is -2.04. The van der Waals surface area contributed by atoms with Crippen LogP contribution < -0.4 is 5.32 Å². The number of carbonyl (C=O) groups is 1. The molecule has 4 heteroatoms. The maximum absolute atomic E-state index is 11.5. The fourth-order valence-corrected chi connectivity index (χ4v) is 1.96. The average molecular weight is 367 g/mol. The lowest BCUT2D eigenvalue weighted by molar-refractivity contribution is 0.0526. The molecule has 98 valence electrons. The molecule has 0 saturated heterocycles. The van der Waals surface area contributed by atoms with Crippen LogP contribution in [-0.4, -0.2) is 12.6 Å². The number of carbonyl (C=O) groups excluding carboxylic acids is 1. The van der Waals surface area contributed by atoms with Gasteiger partial charge in [0.25, 0.3) is 0 Å². The van der Waals surface area contributed by atoms with Gasteiger partial charge in [-0.3, -0.25) is 0 Å². The highest BCUT2D eigenvalue weighted by Crippen LogP contribution is 2.18. The van der Waals surface area contributed by atoms with Gasteiger partial charge < -0.3 is 10.1 Å². The number of nitrogens with one attached hydrogen (secondary N) is 1. The van der Waals surface area contributed by atoms with Crippen LogP contribution in [0.2, 0.25) is 0 Å². The largest absolute Gasteiger partial charge is 0.462 e. The molecule has 0 fully saturated rings. The number of halogens is 1. The summed E-state index contributed by atoms with van der Waals surface area (Å²) in [6.45, 7) is 2.19. The Bertz CT molecular complexity index is 549. The Morgan fingerprint density at radius 3 is 2.11 bits per heavy atom. The lowest BCUT2D eigenvalue weighted by Gasteiger charge is -2.07. The second-order valence-corrected chi connectivity index (χ2v) is 5.18. The van der Waals surface area contributed by atoms with E-state index in [1.54, 1.807) is 19.1 Å². The molecule has 0 saturated carbocycles. The second kappa shape index (κ2) is 6.56. The first-order valence-corrected chi connectivity index (χ1v) is 7.06. The third-order valence-electron chi connectivity index (χ3n) is 2.53. The van der Waals surface area contributed by atoms with E-state index in [0.717, 1.165) is 11.4 Å². The van der Waals surface area contributed by atoms with Crippen LogP contribution in [0.15, 0.2) is 48.5 Å². The average Bonchev–Trinajstić information content (AvgIpc) is 2.42. The topological polar surface area (TPSA) is 38.3 Å². The van der Waals surface area contributed by atoms with Crippen molar-refractivity contribution in [3.8, 4) is 0 Å². The van der Waals surface area contributed by atoms with Crippen LogP contribution >= 0.6 is 22.6 Å². The highest BCUT2D eigenvalue weighted by atomic mass is 127. The smallest absolute Gasteiger partial charge is 0.338 e. The van der Waals surface area contributed by atoms with Gasteiger partial charge in [0, 0.05) is 14.9 Å². The summed E-state index contributed by atoms with van der Waals surface area (Å²) in [7, 11) is 0. The molecule has 1 N–H and O–H groups in total. The van der Waals surface area contributed by atoms with E-state index < -0.39 is 0 Å². The number of benzene rings is 2. The van der Waals surface area contributed by atoms with E-state index in [0.29, 0.717) is 12.2 Å². The molecule has 2 aromatic carbocycles. The minimum Gasteiger partial charge on any atom is -0.462 e. The summed E-state index contributed by atoms with van der Waals surface area (Å²) in [5.41, 5.74) is 2.52. The van der Waals surface area contributed by atoms with Crippen molar-refractivity contribution in [1.82, 2.24) is 0 Å². The standard InChI is InChI=1S/C15H14INO2/c1-2-19-15(18)11-3-7-13(8-4-11)17-14-9-5-12(16)6-10-14/h3-10,17H,2H2,1H3. The summed E-state index contributed by atoms with van der Waals surface area (Å²) < 4.78 is 6.13. The molecular formula is C15H14INO2.